The summed E-state index contributed by atoms with van der Waals surface area (Å²) >= 11 is 6.81. The Balaban J connectivity index is 2.89. The third kappa shape index (κ3) is 2.10. The van der Waals surface area contributed by atoms with E-state index in [4.69, 9.17) is 0 Å². The Morgan fingerprint density at radius 1 is 1.10 bits per heavy atom. The van der Waals surface area contributed by atoms with E-state index in [0.717, 1.165) is 5.56 Å². The van der Waals surface area contributed by atoms with Crippen molar-refractivity contribution in [2.75, 3.05) is 0 Å². The highest BCUT2D eigenvalue weighted by Crippen LogP contribution is 2.28. The van der Waals surface area contributed by atoms with Crippen LogP contribution in [0, 0.1) is 6.92 Å². The first kappa shape index (κ1) is 8.28. The van der Waals surface area contributed by atoms with Crippen LogP contribution in [0.15, 0.2) is 24.3 Å². The van der Waals surface area contributed by atoms with Crippen LogP contribution in [-0.2, 0) is 0 Å². The summed E-state index contributed by atoms with van der Waals surface area (Å²) in [6, 6.07) is 8.06. The Kier molecular flexibility index (Phi) is 2.93. The Bertz CT molecular complexity index is 201. The summed E-state index contributed by atoms with van der Waals surface area (Å²) < 4.78 is 0.251. The fourth-order valence-electron chi connectivity index (χ4n) is 0.663. The fraction of sp³-hybridized carbons (Fsp3) is 0.125. The minimum atomic E-state index is 0.251. The van der Waals surface area contributed by atoms with Crippen molar-refractivity contribution in [3.05, 3.63) is 42.3 Å². The molecule has 0 atom stereocenters. The van der Waals surface area contributed by atoms with Gasteiger partial charge in [0.1, 0.15) is 0 Å². The molecule has 0 amide bonds. The molecule has 0 spiro atoms. The molecule has 0 unspecified atom stereocenters. The Hall–Kier alpha value is 0.180. The molecule has 0 N–H and O–H groups in total. The molecule has 0 aliphatic rings. The highest BCUT2D eigenvalue weighted by molar-refractivity contribution is 9.24. The Labute approximate surface area is 77.9 Å². The van der Waals surface area contributed by atoms with Crippen LogP contribution in [0.1, 0.15) is 14.9 Å². The van der Waals surface area contributed by atoms with Crippen LogP contribution in [0.3, 0.4) is 0 Å². The molecule has 1 aromatic rings. The van der Waals surface area contributed by atoms with E-state index in [0.29, 0.717) is 0 Å². The summed E-state index contributed by atoms with van der Waals surface area (Å²) in [6.45, 7) is 3.79. The highest BCUT2D eigenvalue weighted by atomic mass is 79.9. The molecule has 0 aliphatic heterocycles. The van der Waals surface area contributed by atoms with E-state index in [-0.39, 0.29) is 3.74 Å². The summed E-state index contributed by atoms with van der Waals surface area (Å²) in [5, 5.41) is 0. The predicted molar refractivity (Wildman–Crippen MR) is 51.5 cm³/mol. The molecule has 0 nitrogen and oxygen atoms in total. The zero-order chi connectivity index (χ0) is 7.56. The third-order valence-electron chi connectivity index (χ3n) is 1.23. The van der Waals surface area contributed by atoms with Crippen molar-refractivity contribution in [3.8, 4) is 0 Å². The fourth-order valence-corrected chi connectivity index (χ4v) is 1.27. The third-order valence-corrected chi connectivity index (χ3v) is 2.29. The first-order chi connectivity index (χ1) is 4.70. The second-order valence-corrected chi connectivity index (χ2v) is 5.10. The Morgan fingerprint density at radius 3 is 2.00 bits per heavy atom. The standard InChI is InChI=1S/C8H7Br2/c1-6-2-4-7(5-3-6)8(9)10/h2-5,8H,1H2. The van der Waals surface area contributed by atoms with Crippen LogP contribution in [0.5, 0.6) is 0 Å². The molecule has 1 aromatic carbocycles. The minimum Gasteiger partial charge on any atom is -0.0712 e. The Morgan fingerprint density at radius 2 is 1.60 bits per heavy atom. The molecule has 0 aliphatic carbocycles. The number of benzene rings is 1. The van der Waals surface area contributed by atoms with Gasteiger partial charge >= 0.3 is 0 Å². The quantitative estimate of drug-likeness (QED) is 0.678. The van der Waals surface area contributed by atoms with Crippen molar-refractivity contribution in [2.24, 2.45) is 0 Å². The molecule has 1 radical (unpaired) electrons. The maximum absolute atomic E-state index is 3.79. The second kappa shape index (κ2) is 3.54. The summed E-state index contributed by atoms with van der Waals surface area (Å²) in [5.41, 5.74) is 2.26. The molecule has 1 rings (SSSR count). The van der Waals surface area contributed by atoms with Gasteiger partial charge in [-0.2, -0.15) is 0 Å². The van der Waals surface area contributed by atoms with Crippen LogP contribution in [-0.4, -0.2) is 0 Å². The first-order valence-corrected chi connectivity index (χ1v) is 4.73. The van der Waals surface area contributed by atoms with Crippen molar-refractivity contribution in [3.63, 3.8) is 0 Å². The number of alkyl halides is 2. The van der Waals surface area contributed by atoms with Gasteiger partial charge in [0.15, 0.2) is 0 Å². The molecule has 0 bridgehead atoms. The van der Waals surface area contributed by atoms with Gasteiger partial charge in [-0.05, 0) is 18.1 Å². The zero-order valence-corrected chi connectivity index (χ0v) is 8.52. The lowest BCUT2D eigenvalue weighted by molar-refractivity contribution is 1.41. The van der Waals surface area contributed by atoms with Gasteiger partial charge < -0.3 is 0 Å². The molecule has 0 heterocycles. The van der Waals surface area contributed by atoms with E-state index in [1.165, 1.54) is 5.56 Å². The maximum atomic E-state index is 3.79. The van der Waals surface area contributed by atoms with Crippen LogP contribution < -0.4 is 0 Å². The van der Waals surface area contributed by atoms with Gasteiger partial charge in [-0.1, -0.05) is 56.1 Å². The van der Waals surface area contributed by atoms with E-state index in [1.54, 1.807) is 0 Å². The second-order valence-electron chi connectivity index (χ2n) is 2.04. The van der Waals surface area contributed by atoms with Crippen molar-refractivity contribution < 1.29 is 0 Å². The van der Waals surface area contributed by atoms with E-state index in [2.05, 4.69) is 38.8 Å². The normalized spacial score (nSPS) is 10.4. The smallest absolute Gasteiger partial charge is 0.0712 e. The largest absolute Gasteiger partial charge is 0.0946 e. The van der Waals surface area contributed by atoms with Gasteiger partial charge in [0, 0.05) is 0 Å². The monoisotopic (exact) mass is 261 g/mol. The van der Waals surface area contributed by atoms with Gasteiger partial charge in [0.05, 0.1) is 3.74 Å². The van der Waals surface area contributed by atoms with Gasteiger partial charge in [-0.15, -0.1) is 0 Å². The lowest BCUT2D eigenvalue weighted by Gasteiger charge is -2.00. The maximum Gasteiger partial charge on any atom is 0.0946 e. The summed E-state index contributed by atoms with van der Waals surface area (Å²) in [6.07, 6.45) is 0. The van der Waals surface area contributed by atoms with Crippen molar-refractivity contribution in [2.45, 2.75) is 3.74 Å². The van der Waals surface area contributed by atoms with Crippen LogP contribution in [0.4, 0.5) is 0 Å². The highest BCUT2D eigenvalue weighted by Gasteiger charge is 1.99. The topological polar surface area (TPSA) is 0 Å². The molecule has 10 heavy (non-hydrogen) atoms. The predicted octanol–water partition coefficient (Wildman–Crippen LogP) is 3.66. The van der Waals surface area contributed by atoms with E-state index in [9.17, 15) is 0 Å². The molecule has 0 fully saturated rings. The molecule has 0 saturated carbocycles. The molecular formula is C8H7Br2. The van der Waals surface area contributed by atoms with Gasteiger partial charge in [-0.3, -0.25) is 0 Å². The van der Waals surface area contributed by atoms with Crippen molar-refractivity contribution in [1.82, 2.24) is 0 Å². The zero-order valence-electron chi connectivity index (χ0n) is 5.35. The lowest BCUT2D eigenvalue weighted by Crippen LogP contribution is -1.79. The average Bonchev–Trinajstić information content (AvgIpc) is 1.88. The van der Waals surface area contributed by atoms with Gasteiger partial charge in [-0.25, -0.2) is 0 Å². The van der Waals surface area contributed by atoms with Gasteiger partial charge in [0.2, 0.25) is 0 Å². The number of halogens is 2. The lowest BCUT2D eigenvalue weighted by atomic mass is 10.2. The average molecular weight is 263 g/mol. The summed E-state index contributed by atoms with van der Waals surface area (Å²) in [5.74, 6) is 0. The molecule has 0 aromatic heterocycles. The molecule has 53 valence electrons. The summed E-state index contributed by atoms with van der Waals surface area (Å²) in [7, 11) is 0. The minimum absolute atomic E-state index is 0.251. The number of rotatable bonds is 1. The van der Waals surface area contributed by atoms with Crippen LogP contribution in [0.2, 0.25) is 0 Å². The van der Waals surface area contributed by atoms with E-state index < -0.39 is 0 Å². The van der Waals surface area contributed by atoms with Crippen molar-refractivity contribution in [1.29, 1.82) is 0 Å². The molecule has 2 heteroatoms. The summed E-state index contributed by atoms with van der Waals surface area (Å²) in [4.78, 5) is 0. The van der Waals surface area contributed by atoms with Crippen LogP contribution in [0.25, 0.3) is 0 Å². The molecular weight excluding hydrogens is 256 g/mol. The molecule has 0 saturated heterocycles. The first-order valence-electron chi connectivity index (χ1n) is 2.90. The van der Waals surface area contributed by atoms with Crippen LogP contribution >= 0.6 is 31.9 Å². The van der Waals surface area contributed by atoms with E-state index in [1.807, 2.05) is 24.3 Å². The van der Waals surface area contributed by atoms with Crippen molar-refractivity contribution >= 4 is 31.9 Å². The number of hydrogen-bond donors (Lipinski definition) is 0. The number of hydrogen-bond acceptors (Lipinski definition) is 0. The SMILES string of the molecule is [CH2]c1ccc(C(Br)Br)cc1. The van der Waals surface area contributed by atoms with E-state index >= 15 is 0 Å². The van der Waals surface area contributed by atoms with Gasteiger partial charge in [0.25, 0.3) is 0 Å².